The number of carbonyl (C=O) groups is 1. The fraction of sp³-hybridized carbons (Fsp3) is 0.150. The summed E-state index contributed by atoms with van der Waals surface area (Å²) in [5, 5.41) is 1.58. The highest BCUT2D eigenvalue weighted by molar-refractivity contribution is 6.01. The van der Waals surface area contributed by atoms with Crippen LogP contribution in [0.25, 0.3) is 27.5 Å². The summed E-state index contributed by atoms with van der Waals surface area (Å²) in [5.41, 5.74) is 16.0. The van der Waals surface area contributed by atoms with E-state index in [2.05, 4.69) is 16.9 Å². The van der Waals surface area contributed by atoms with Crippen LogP contribution in [0.4, 0.5) is 11.8 Å². The molecule has 7 nitrogen and oxygen atoms in total. The number of nitrogens with two attached hydrogens (primary N) is 2. The molecule has 0 spiro atoms. The summed E-state index contributed by atoms with van der Waals surface area (Å²) >= 11 is 0. The first-order valence-electron chi connectivity index (χ1n) is 8.66. The molecule has 1 aliphatic rings. The normalized spacial score (nSPS) is 15.8. The second kappa shape index (κ2) is 5.44. The summed E-state index contributed by atoms with van der Waals surface area (Å²) in [4.78, 5) is 20.0. The summed E-state index contributed by atoms with van der Waals surface area (Å²) in [5.74, 6) is 1.28. The van der Waals surface area contributed by atoms with Crippen molar-refractivity contribution in [1.82, 2.24) is 14.5 Å². The minimum Gasteiger partial charge on any atom is -0.492 e. The lowest BCUT2D eigenvalue weighted by Crippen LogP contribution is -2.04. The maximum Gasteiger partial charge on any atom is 0.222 e. The molecule has 4 N–H and O–H groups in total. The van der Waals surface area contributed by atoms with E-state index >= 15 is 0 Å². The average Bonchev–Trinajstić information content (AvgIpc) is 3.22. The number of hydrogen-bond donors (Lipinski definition) is 2. The van der Waals surface area contributed by atoms with Crippen LogP contribution < -0.4 is 16.2 Å². The monoisotopic (exact) mass is 359 g/mol. The van der Waals surface area contributed by atoms with Crippen LogP contribution >= 0.6 is 0 Å². The molecule has 134 valence electrons. The number of rotatable bonds is 2. The smallest absolute Gasteiger partial charge is 0.222 e. The summed E-state index contributed by atoms with van der Waals surface area (Å²) in [6.07, 6.45) is 2.72. The third-order valence-corrected chi connectivity index (χ3v) is 5.10. The molecule has 0 bridgehead atoms. The van der Waals surface area contributed by atoms with Crippen LogP contribution in [-0.4, -0.2) is 27.4 Å². The zero-order valence-corrected chi connectivity index (χ0v) is 14.6. The molecule has 0 amide bonds. The maximum absolute atomic E-state index is 11.6. The number of hydrogen-bond acceptors (Lipinski definition) is 6. The SMILES string of the molecule is CC1COc2c1c(-n1cc(C=O)c3ccccc31)cc1nc(N)nc(N)c21. The van der Waals surface area contributed by atoms with Gasteiger partial charge < -0.3 is 20.8 Å². The Morgan fingerprint density at radius 2 is 2.07 bits per heavy atom. The molecule has 1 aliphatic heterocycles. The van der Waals surface area contributed by atoms with Gasteiger partial charge >= 0.3 is 0 Å². The Labute approximate surface area is 154 Å². The van der Waals surface area contributed by atoms with Crippen molar-refractivity contribution in [1.29, 1.82) is 0 Å². The number of para-hydroxylation sites is 1. The first-order chi connectivity index (χ1) is 13.1. The minimum absolute atomic E-state index is 0.114. The van der Waals surface area contributed by atoms with Crippen LogP contribution in [0, 0.1) is 0 Å². The Bertz CT molecular complexity index is 1240. The average molecular weight is 359 g/mol. The highest BCUT2D eigenvalue weighted by Crippen LogP contribution is 2.45. The van der Waals surface area contributed by atoms with Gasteiger partial charge in [0.25, 0.3) is 0 Å². The molecular formula is C20H17N5O2. The Morgan fingerprint density at radius 1 is 1.26 bits per heavy atom. The predicted octanol–water partition coefficient (Wildman–Crippen LogP) is 3.05. The van der Waals surface area contributed by atoms with E-state index in [4.69, 9.17) is 16.2 Å². The lowest BCUT2D eigenvalue weighted by atomic mass is 9.98. The molecule has 27 heavy (non-hydrogen) atoms. The topological polar surface area (TPSA) is 109 Å². The van der Waals surface area contributed by atoms with Crippen molar-refractivity contribution in [2.75, 3.05) is 18.1 Å². The van der Waals surface area contributed by atoms with E-state index in [1.54, 1.807) is 0 Å². The predicted molar refractivity (Wildman–Crippen MR) is 104 cm³/mol. The van der Waals surface area contributed by atoms with Crippen LogP contribution in [-0.2, 0) is 0 Å². The highest BCUT2D eigenvalue weighted by atomic mass is 16.5. The molecule has 0 fully saturated rings. The standard InChI is InChI=1S/C20H17N5O2/c1-10-9-27-18-16(10)15(6-13-17(18)19(21)24-20(22)23-13)25-7-11(8-26)12-4-2-3-5-14(12)25/h2-8,10H,9H2,1H3,(H4,21,22,23,24). The van der Waals surface area contributed by atoms with Gasteiger partial charge in [-0.2, -0.15) is 4.98 Å². The first-order valence-corrected chi connectivity index (χ1v) is 8.66. The van der Waals surface area contributed by atoms with E-state index in [1.165, 1.54) is 0 Å². The first kappa shape index (κ1) is 15.6. The summed E-state index contributed by atoms with van der Waals surface area (Å²) in [6.45, 7) is 2.65. The van der Waals surface area contributed by atoms with Gasteiger partial charge in [-0.1, -0.05) is 25.1 Å². The Balaban J connectivity index is 1.93. The third kappa shape index (κ3) is 2.11. The van der Waals surface area contributed by atoms with Crippen molar-refractivity contribution >= 4 is 39.9 Å². The van der Waals surface area contributed by atoms with Crippen LogP contribution in [0.5, 0.6) is 5.75 Å². The van der Waals surface area contributed by atoms with E-state index in [-0.39, 0.29) is 11.9 Å². The van der Waals surface area contributed by atoms with E-state index in [0.717, 1.165) is 28.4 Å². The van der Waals surface area contributed by atoms with Gasteiger partial charge in [-0.15, -0.1) is 0 Å². The van der Waals surface area contributed by atoms with Gasteiger partial charge in [0.2, 0.25) is 5.95 Å². The van der Waals surface area contributed by atoms with Crippen LogP contribution in [0.1, 0.15) is 28.8 Å². The number of benzene rings is 2. The number of ether oxygens (including phenoxy) is 1. The number of aromatic nitrogens is 3. The third-order valence-electron chi connectivity index (χ3n) is 5.10. The number of carbonyl (C=O) groups excluding carboxylic acids is 1. The van der Waals surface area contributed by atoms with Gasteiger partial charge in [-0.05, 0) is 12.1 Å². The summed E-state index contributed by atoms with van der Waals surface area (Å²) in [6, 6.07) is 9.74. The van der Waals surface area contributed by atoms with E-state index in [1.807, 2.05) is 41.1 Å². The number of fused-ring (bicyclic) bond motifs is 4. The summed E-state index contributed by atoms with van der Waals surface area (Å²) < 4.78 is 7.98. The van der Waals surface area contributed by atoms with Gasteiger partial charge in [0.1, 0.15) is 11.6 Å². The lowest BCUT2D eigenvalue weighted by Gasteiger charge is -2.15. The number of aldehydes is 1. The van der Waals surface area contributed by atoms with Gasteiger partial charge in [-0.25, -0.2) is 4.98 Å². The number of nitrogen functional groups attached to an aromatic ring is 2. The number of anilines is 2. The van der Waals surface area contributed by atoms with E-state index < -0.39 is 0 Å². The largest absolute Gasteiger partial charge is 0.492 e. The molecule has 0 aliphatic carbocycles. The van der Waals surface area contributed by atoms with Gasteiger partial charge in [0, 0.05) is 28.6 Å². The lowest BCUT2D eigenvalue weighted by molar-refractivity contribution is 0.112. The van der Waals surface area contributed by atoms with Crippen molar-refractivity contribution in [2.45, 2.75) is 12.8 Å². The van der Waals surface area contributed by atoms with E-state index in [0.29, 0.717) is 34.6 Å². The van der Waals surface area contributed by atoms with Crippen molar-refractivity contribution in [3.05, 3.63) is 47.7 Å². The molecular weight excluding hydrogens is 342 g/mol. The zero-order valence-electron chi connectivity index (χ0n) is 14.6. The molecule has 3 heterocycles. The van der Waals surface area contributed by atoms with Gasteiger partial charge in [0.05, 0.1) is 28.7 Å². The molecule has 4 aromatic rings. The van der Waals surface area contributed by atoms with Crippen LogP contribution in [0.15, 0.2) is 36.5 Å². The molecule has 0 saturated heterocycles. The van der Waals surface area contributed by atoms with Crippen molar-refractivity contribution < 1.29 is 9.53 Å². The molecule has 2 aromatic carbocycles. The molecule has 1 atom stereocenters. The molecule has 1 unspecified atom stereocenters. The molecule has 5 rings (SSSR count). The molecule has 7 heteroatoms. The number of nitrogens with zero attached hydrogens (tertiary/aromatic N) is 3. The molecule has 0 saturated carbocycles. The molecule has 0 radical (unpaired) electrons. The zero-order chi connectivity index (χ0) is 18.7. The van der Waals surface area contributed by atoms with Crippen LogP contribution in [0.3, 0.4) is 0 Å². The second-order valence-electron chi connectivity index (χ2n) is 6.80. The van der Waals surface area contributed by atoms with Crippen LogP contribution in [0.2, 0.25) is 0 Å². The fourth-order valence-corrected chi connectivity index (χ4v) is 3.93. The van der Waals surface area contributed by atoms with Crippen molar-refractivity contribution in [3.8, 4) is 11.4 Å². The van der Waals surface area contributed by atoms with E-state index in [9.17, 15) is 4.79 Å². The quantitative estimate of drug-likeness (QED) is 0.532. The van der Waals surface area contributed by atoms with Crippen molar-refractivity contribution in [3.63, 3.8) is 0 Å². The molecule has 2 aromatic heterocycles. The fourth-order valence-electron chi connectivity index (χ4n) is 3.93. The van der Waals surface area contributed by atoms with Crippen molar-refractivity contribution in [2.24, 2.45) is 0 Å². The highest BCUT2D eigenvalue weighted by Gasteiger charge is 2.29. The minimum atomic E-state index is 0.114. The second-order valence-corrected chi connectivity index (χ2v) is 6.80. The Morgan fingerprint density at radius 3 is 2.89 bits per heavy atom. The summed E-state index contributed by atoms with van der Waals surface area (Å²) in [7, 11) is 0. The maximum atomic E-state index is 11.6. The van der Waals surface area contributed by atoms with Gasteiger partial charge in [-0.3, -0.25) is 4.79 Å². The van der Waals surface area contributed by atoms with Gasteiger partial charge in [0.15, 0.2) is 6.29 Å². The Hall–Kier alpha value is -3.61. The Kier molecular flexibility index (Phi) is 3.15.